The van der Waals surface area contributed by atoms with Crippen LogP contribution in [0, 0.1) is 6.92 Å². The zero-order valence-electron chi connectivity index (χ0n) is 13.9. The highest BCUT2D eigenvalue weighted by Crippen LogP contribution is 2.24. The molecule has 0 fully saturated rings. The number of H-pyrrole nitrogens is 1. The van der Waals surface area contributed by atoms with Crippen LogP contribution >= 0.6 is 0 Å². The molecule has 0 aliphatic rings. The molecule has 0 aliphatic carbocycles. The Hall–Kier alpha value is -2.87. The highest BCUT2D eigenvalue weighted by molar-refractivity contribution is 7.92. The van der Waals surface area contributed by atoms with Crippen molar-refractivity contribution in [1.82, 2.24) is 15.2 Å². The first-order chi connectivity index (χ1) is 11.9. The van der Waals surface area contributed by atoms with Gasteiger partial charge in [-0.1, -0.05) is 12.1 Å². The summed E-state index contributed by atoms with van der Waals surface area (Å²) in [6.07, 6.45) is 1.74. The molecule has 0 aliphatic heterocycles. The van der Waals surface area contributed by atoms with Crippen molar-refractivity contribution < 1.29 is 8.42 Å². The quantitative estimate of drug-likeness (QED) is 0.629. The average molecular weight is 357 g/mol. The number of nitrogens with one attached hydrogen (secondary N) is 3. The van der Waals surface area contributed by atoms with E-state index in [1.54, 1.807) is 25.3 Å². The molecule has 7 nitrogen and oxygen atoms in total. The van der Waals surface area contributed by atoms with Gasteiger partial charge in [-0.2, -0.15) is 5.10 Å². The Morgan fingerprint density at radius 3 is 2.52 bits per heavy atom. The van der Waals surface area contributed by atoms with Crippen LogP contribution in [0.2, 0.25) is 0 Å². The Bertz CT molecular complexity index is 965. The van der Waals surface area contributed by atoms with Gasteiger partial charge in [-0.3, -0.25) is 14.8 Å². The number of sulfonamides is 1. The molecule has 2 heterocycles. The number of benzene rings is 1. The van der Waals surface area contributed by atoms with Crippen LogP contribution in [0.15, 0.2) is 48.7 Å². The third kappa shape index (κ3) is 4.36. The molecule has 2 aromatic heterocycles. The minimum absolute atomic E-state index is 0.0405. The lowest BCUT2D eigenvalue weighted by molar-refractivity contribution is 0.602. The molecule has 1 aromatic carbocycles. The van der Waals surface area contributed by atoms with Crippen LogP contribution in [0.3, 0.4) is 0 Å². The summed E-state index contributed by atoms with van der Waals surface area (Å²) in [6.45, 7) is 3.52. The first-order valence-electron chi connectivity index (χ1n) is 7.81. The average Bonchev–Trinajstić information content (AvgIpc) is 3.04. The van der Waals surface area contributed by atoms with Crippen LogP contribution in [0.5, 0.6) is 0 Å². The second-order valence-electron chi connectivity index (χ2n) is 5.56. The van der Waals surface area contributed by atoms with Crippen LogP contribution in [0.25, 0.3) is 11.3 Å². The van der Waals surface area contributed by atoms with E-state index in [2.05, 4.69) is 25.2 Å². The van der Waals surface area contributed by atoms with Crippen LogP contribution < -0.4 is 10.0 Å². The van der Waals surface area contributed by atoms with E-state index in [1.165, 1.54) is 0 Å². The number of nitrogens with zero attached hydrogens (tertiary/aromatic N) is 2. The minimum Gasteiger partial charge on any atom is -0.339 e. The fourth-order valence-electron chi connectivity index (χ4n) is 2.27. The van der Waals surface area contributed by atoms with Crippen molar-refractivity contribution in [1.29, 1.82) is 0 Å². The Kier molecular flexibility index (Phi) is 4.71. The number of anilines is 3. The summed E-state index contributed by atoms with van der Waals surface area (Å²) < 4.78 is 25.7. The highest BCUT2D eigenvalue weighted by atomic mass is 32.2. The van der Waals surface area contributed by atoms with E-state index in [-0.39, 0.29) is 5.75 Å². The van der Waals surface area contributed by atoms with Crippen molar-refractivity contribution in [3.8, 4) is 11.3 Å². The van der Waals surface area contributed by atoms with Gasteiger partial charge in [0.1, 0.15) is 0 Å². The number of hydrogen-bond donors (Lipinski definition) is 3. The molecule has 0 amide bonds. The Morgan fingerprint density at radius 1 is 1.08 bits per heavy atom. The van der Waals surface area contributed by atoms with Crippen molar-refractivity contribution in [2.75, 3.05) is 15.8 Å². The summed E-state index contributed by atoms with van der Waals surface area (Å²) in [6, 6.07) is 12.8. The van der Waals surface area contributed by atoms with E-state index in [1.807, 2.05) is 37.3 Å². The van der Waals surface area contributed by atoms with Gasteiger partial charge in [0.25, 0.3) is 0 Å². The molecule has 0 radical (unpaired) electrons. The van der Waals surface area contributed by atoms with E-state index in [0.29, 0.717) is 11.5 Å². The molecular weight excluding hydrogens is 338 g/mol. The van der Waals surface area contributed by atoms with Crippen molar-refractivity contribution >= 4 is 27.2 Å². The summed E-state index contributed by atoms with van der Waals surface area (Å²) in [5.41, 5.74) is 4.11. The molecular formula is C17H19N5O2S. The highest BCUT2D eigenvalue weighted by Gasteiger charge is 2.08. The van der Waals surface area contributed by atoms with Gasteiger partial charge >= 0.3 is 0 Å². The van der Waals surface area contributed by atoms with Gasteiger partial charge < -0.3 is 5.32 Å². The maximum absolute atomic E-state index is 11.6. The van der Waals surface area contributed by atoms with Crippen LogP contribution in [0.4, 0.5) is 17.2 Å². The first kappa shape index (κ1) is 17.0. The largest absolute Gasteiger partial charge is 0.339 e. The normalized spacial score (nSPS) is 11.3. The fraction of sp³-hybridized carbons (Fsp3) is 0.176. The monoisotopic (exact) mass is 357 g/mol. The lowest BCUT2D eigenvalue weighted by atomic mass is 10.1. The summed E-state index contributed by atoms with van der Waals surface area (Å²) in [7, 11) is -3.27. The molecule has 0 saturated carbocycles. The molecule has 3 rings (SSSR count). The fourth-order valence-corrected chi connectivity index (χ4v) is 2.91. The minimum atomic E-state index is -3.27. The lowest BCUT2D eigenvalue weighted by Crippen LogP contribution is -2.14. The molecule has 0 spiro atoms. The van der Waals surface area contributed by atoms with Gasteiger partial charge in [0.05, 0.1) is 11.4 Å². The predicted octanol–water partition coefficient (Wildman–Crippen LogP) is 3.29. The molecule has 3 N–H and O–H groups in total. The maximum atomic E-state index is 11.6. The zero-order valence-corrected chi connectivity index (χ0v) is 14.8. The van der Waals surface area contributed by atoms with Gasteiger partial charge in [0.15, 0.2) is 5.82 Å². The molecule has 8 heteroatoms. The SMILES string of the molecule is CCS(=O)(=O)Nc1ccc(-c2cc(Nc3ccnc(C)c3)n[nH]2)cc1. The van der Waals surface area contributed by atoms with Gasteiger partial charge in [-0.25, -0.2) is 8.42 Å². The first-order valence-corrected chi connectivity index (χ1v) is 9.46. The molecule has 0 bridgehead atoms. The second kappa shape index (κ2) is 6.94. The standard InChI is InChI=1S/C17H19N5O2S/c1-3-25(23,24)22-14-6-4-13(5-7-14)16-11-17(21-20-16)19-15-8-9-18-12(2)10-15/h4-11,22H,3H2,1-2H3,(H2,18,19,20,21). The summed E-state index contributed by atoms with van der Waals surface area (Å²) in [5, 5.41) is 10.4. The van der Waals surface area contributed by atoms with Gasteiger partial charge in [0, 0.05) is 29.3 Å². The van der Waals surface area contributed by atoms with Crippen molar-refractivity contribution in [3.63, 3.8) is 0 Å². The van der Waals surface area contributed by atoms with Crippen LogP contribution in [0.1, 0.15) is 12.6 Å². The summed E-state index contributed by atoms with van der Waals surface area (Å²) >= 11 is 0. The van der Waals surface area contributed by atoms with E-state index in [9.17, 15) is 8.42 Å². The number of hydrogen-bond acceptors (Lipinski definition) is 5. The van der Waals surface area contributed by atoms with Gasteiger partial charge in [-0.05, 0) is 43.7 Å². The third-order valence-electron chi connectivity index (χ3n) is 3.60. The van der Waals surface area contributed by atoms with Gasteiger partial charge in [0.2, 0.25) is 10.0 Å². The second-order valence-corrected chi connectivity index (χ2v) is 7.57. The topological polar surface area (TPSA) is 99.8 Å². The van der Waals surface area contributed by atoms with Crippen molar-refractivity contribution in [3.05, 3.63) is 54.4 Å². The van der Waals surface area contributed by atoms with Crippen molar-refractivity contribution in [2.45, 2.75) is 13.8 Å². The smallest absolute Gasteiger partial charge is 0.232 e. The summed E-state index contributed by atoms with van der Waals surface area (Å²) in [4.78, 5) is 4.16. The zero-order chi connectivity index (χ0) is 17.9. The number of aromatic amines is 1. The molecule has 0 atom stereocenters. The van der Waals surface area contributed by atoms with E-state index in [4.69, 9.17) is 0 Å². The number of aryl methyl sites for hydroxylation is 1. The Balaban J connectivity index is 1.74. The Morgan fingerprint density at radius 2 is 1.84 bits per heavy atom. The number of pyridine rings is 1. The van der Waals surface area contributed by atoms with E-state index < -0.39 is 10.0 Å². The lowest BCUT2D eigenvalue weighted by Gasteiger charge is -2.06. The number of rotatable bonds is 6. The molecule has 130 valence electrons. The van der Waals surface area contributed by atoms with Crippen molar-refractivity contribution in [2.24, 2.45) is 0 Å². The third-order valence-corrected chi connectivity index (χ3v) is 4.90. The van der Waals surface area contributed by atoms with Crippen LogP contribution in [-0.2, 0) is 10.0 Å². The molecule has 0 saturated heterocycles. The van der Waals surface area contributed by atoms with Gasteiger partial charge in [-0.15, -0.1) is 0 Å². The molecule has 3 aromatic rings. The van der Waals surface area contributed by atoms with E-state index >= 15 is 0 Å². The molecule has 0 unspecified atom stereocenters. The number of aromatic nitrogens is 3. The van der Waals surface area contributed by atoms with E-state index in [0.717, 1.165) is 22.6 Å². The summed E-state index contributed by atoms with van der Waals surface area (Å²) in [5.74, 6) is 0.732. The maximum Gasteiger partial charge on any atom is 0.232 e. The molecule has 25 heavy (non-hydrogen) atoms. The Labute approximate surface area is 146 Å². The van der Waals surface area contributed by atoms with Crippen LogP contribution in [-0.4, -0.2) is 29.4 Å². The predicted molar refractivity (Wildman–Crippen MR) is 99.4 cm³/mol.